The lowest BCUT2D eigenvalue weighted by molar-refractivity contribution is -0.140. The zero-order chi connectivity index (χ0) is 15.2. The number of likely N-dealkylation sites (N-methyl/N-ethyl adjacent to an activating group) is 1. The van der Waals surface area contributed by atoms with Gasteiger partial charge in [0.25, 0.3) is 5.91 Å². The van der Waals surface area contributed by atoms with Crippen LogP contribution in [0.5, 0.6) is 5.75 Å². The predicted octanol–water partition coefficient (Wildman–Crippen LogP) is 2.32. The summed E-state index contributed by atoms with van der Waals surface area (Å²) in [6.07, 6.45) is 0.321. The molecule has 116 valence electrons. The van der Waals surface area contributed by atoms with Crippen LogP contribution in [-0.2, 0) is 4.79 Å². The summed E-state index contributed by atoms with van der Waals surface area (Å²) in [6, 6.07) is 7.87. The maximum Gasteiger partial charge on any atom is 0.263 e. The fraction of sp³-hybridized carbons (Fsp3) is 0.588. The smallest absolute Gasteiger partial charge is 0.263 e. The molecule has 0 unspecified atom stereocenters. The Morgan fingerprint density at radius 2 is 1.76 bits per heavy atom. The molecule has 1 amide bonds. The number of hydrogen-bond donors (Lipinski definition) is 0. The van der Waals surface area contributed by atoms with Crippen LogP contribution in [0.4, 0.5) is 0 Å². The third-order valence-corrected chi connectivity index (χ3v) is 4.08. The van der Waals surface area contributed by atoms with Crippen molar-refractivity contribution in [2.75, 3.05) is 32.7 Å². The normalized spacial score (nSPS) is 17.6. The molecular weight excluding hydrogens is 264 g/mol. The van der Waals surface area contributed by atoms with E-state index in [-0.39, 0.29) is 12.0 Å². The van der Waals surface area contributed by atoms with Gasteiger partial charge in [-0.15, -0.1) is 0 Å². The van der Waals surface area contributed by atoms with Crippen molar-refractivity contribution in [1.29, 1.82) is 0 Å². The highest BCUT2D eigenvalue weighted by Crippen LogP contribution is 2.16. The van der Waals surface area contributed by atoms with Gasteiger partial charge in [0.15, 0.2) is 6.10 Å². The number of piperazine rings is 1. The number of hydrogen-bond acceptors (Lipinski definition) is 3. The highest BCUT2D eigenvalue weighted by molar-refractivity contribution is 5.81. The number of carbonyl (C=O) groups is 1. The molecule has 1 atom stereocenters. The zero-order valence-electron chi connectivity index (χ0n) is 13.3. The number of nitrogens with zero attached hydrogens (tertiary/aromatic N) is 2. The first-order valence-corrected chi connectivity index (χ1v) is 7.88. The Kier molecular flexibility index (Phi) is 5.62. The van der Waals surface area contributed by atoms with E-state index >= 15 is 0 Å². The summed E-state index contributed by atoms with van der Waals surface area (Å²) in [7, 11) is 0. The lowest BCUT2D eigenvalue weighted by atomic mass is 10.2. The molecule has 1 heterocycles. The summed E-state index contributed by atoms with van der Waals surface area (Å²) >= 11 is 0. The summed E-state index contributed by atoms with van der Waals surface area (Å²) < 4.78 is 5.88. The number of benzene rings is 1. The lowest BCUT2D eigenvalue weighted by Crippen LogP contribution is -2.52. The van der Waals surface area contributed by atoms with Gasteiger partial charge in [-0.25, -0.2) is 0 Å². The van der Waals surface area contributed by atoms with Gasteiger partial charge < -0.3 is 14.5 Å². The van der Waals surface area contributed by atoms with Crippen molar-refractivity contribution >= 4 is 5.91 Å². The van der Waals surface area contributed by atoms with E-state index in [0.717, 1.165) is 38.5 Å². The Hall–Kier alpha value is -1.55. The molecule has 1 aromatic carbocycles. The Bertz CT molecular complexity index is 450. The summed E-state index contributed by atoms with van der Waals surface area (Å²) in [5.41, 5.74) is 1.19. The van der Waals surface area contributed by atoms with Gasteiger partial charge in [-0.05, 0) is 32.0 Å². The minimum Gasteiger partial charge on any atom is -0.481 e. The molecule has 0 N–H and O–H groups in total. The lowest BCUT2D eigenvalue weighted by Gasteiger charge is -2.35. The molecule has 0 saturated carbocycles. The maximum absolute atomic E-state index is 12.6. The molecule has 0 aromatic heterocycles. The highest BCUT2D eigenvalue weighted by atomic mass is 16.5. The minimum atomic E-state index is -0.374. The maximum atomic E-state index is 12.6. The monoisotopic (exact) mass is 290 g/mol. The number of ether oxygens (including phenoxy) is 1. The van der Waals surface area contributed by atoms with Crippen molar-refractivity contribution in [2.45, 2.75) is 33.3 Å². The molecule has 2 rings (SSSR count). The number of aryl methyl sites for hydroxylation is 1. The van der Waals surface area contributed by atoms with E-state index in [2.05, 4.69) is 11.8 Å². The van der Waals surface area contributed by atoms with Gasteiger partial charge in [-0.2, -0.15) is 0 Å². The second kappa shape index (κ2) is 7.46. The number of amides is 1. The standard InChI is InChI=1S/C17H26N2O2/c1-4-16(21-15-8-6-14(3)7-9-15)17(20)19-12-10-18(5-2)11-13-19/h6-9,16H,4-5,10-13H2,1-3H3/t16-/m1/s1. The van der Waals surface area contributed by atoms with Crippen LogP contribution >= 0.6 is 0 Å². The second-order valence-corrected chi connectivity index (χ2v) is 5.59. The van der Waals surface area contributed by atoms with Crippen LogP contribution in [0.15, 0.2) is 24.3 Å². The number of rotatable bonds is 5. The van der Waals surface area contributed by atoms with Crippen molar-refractivity contribution in [3.05, 3.63) is 29.8 Å². The van der Waals surface area contributed by atoms with Crippen molar-refractivity contribution in [1.82, 2.24) is 9.80 Å². The van der Waals surface area contributed by atoms with Gasteiger partial charge in [-0.3, -0.25) is 4.79 Å². The first-order valence-electron chi connectivity index (χ1n) is 7.88. The Balaban J connectivity index is 1.94. The summed E-state index contributed by atoms with van der Waals surface area (Å²) in [4.78, 5) is 16.9. The molecule has 4 heteroatoms. The van der Waals surface area contributed by atoms with E-state index < -0.39 is 0 Å². The topological polar surface area (TPSA) is 32.8 Å². The van der Waals surface area contributed by atoms with Crippen molar-refractivity contribution in [2.24, 2.45) is 0 Å². The molecule has 0 bridgehead atoms. The van der Waals surface area contributed by atoms with Crippen molar-refractivity contribution in [3.63, 3.8) is 0 Å². The third-order valence-electron chi connectivity index (χ3n) is 4.08. The van der Waals surface area contributed by atoms with Gasteiger partial charge in [0.1, 0.15) is 5.75 Å². The molecule has 1 aliphatic heterocycles. The van der Waals surface area contributed by atoms with E-state index in [1.807, 2.05) is 43.0 Å². The van der Waals surface area contributed by atoms with Crippen molar-refractivity contribution < 1.29 is 9.53 Å². The predicted molar refractivity (Wildman–Crippen MR) is 84.6 cm³/mol. The van der Waals surface area contributed by atoms with Gasteiger partial charge in [0.05, 0.1) is 0 Å². The first kappa shape index (κ1) is 15.8. The molecule has 21 heavy (non-hydrogen) atoms. The van der Waals surface area contributed by atoms with Gasteiger partial charge in [-0.1, -0.05) is 31.5 Å². The Morgan fingerprint density at radius 1 is 1.14 bits per heavy atom. The minimum absolute atomic E-state index is 0.119. The van der Waals surface area contributed by atoms with Crippen LogP contribution in [0.3, 0.4) is 0 Å². The van der Waals surface area contributed by atoms with Crippen LogP contribution in [-0.4, -0.2) is 54.5 Å². The fourth-order valence-corrected chi connectivity index (χ4v) is 2.58. The SMILES string of the molecule is CC[C@@H](Oc1ccc(C)cc1)C(=O)N1CCN(CC)CC1. The molecule has 0 aliphatic carbocycles. The van der Waals surface area contributed by atoms with Crippen LogP contribution in [0, 0.1) is 6.92 Å². The number of carbonyl (C=O) groups excluding carboxylic acids is 1. The molecule has 1 saturated heterocycles. The molecule has 1 aromatic rings. The average Bonchev–Trinajstić information content (AvgIpc) is 2.54. The summed E-state index contributed by atoms with van der Waals surface area (Å²) in [6.45, 7) is 10.8. The molecule has 0 radical (unpaired) electrons. The Labute approximate surface area is 127 Å². The largest absolute Gasteiger partial charge is 0.481 e. The van der Waals surface area contributed by atoms with Gasteiger partial charge in [0.2, 0.25) is 0 Å². The van der Waals surface area contributed by atoms with Crippen LogP contribution in [0.25, 0.3) is 0 Å². The van der Waals surface area contributed by atoms with Gasteiger partial charge >= 0.3 is 0 Å². The summed E-state index contributed by atoms with van der Waals surface area (Å²) in [5, 5.41) is 0. The van der Waals surface area contributed by atoms with E-state index in [4.69, 9.17) is 4.74 Å². The molecule has 1 aliphatic rings. The molecule has 1 fully saturated rings. The quantitative estimate of drug-likeness (QED) is 0.834. The molecule has 4 nitrogen and oxygen atoms in total. The summed E-state index contributed by atoms with van der Waals surface area (Å²) in [5.74, 6) is 0.891. The highest BCUT2D eigenvalue weighted by Gasteiger charge is 2.27. The van der Waals surface area contributed by atoms with E-state index in [1.54, 1.807) is 0 Å². The van der Waals surface area contributed by atoms with Gasteiger partial charge in [0, 0.05) is 26.2 Å². The van der Waals surface area contributed by atoms with E-state index in [1.165, 1.54) is 5.56 Å². The van der Waals surface area contributed by atoms with Crippen LogP contribution in [0.2, 0.25) is 0 Å². The van der Waals surface area contributed by atoms with E-state index in [0.29, 0.717) is 6.42 Å². The zero-order valence-corrected chi connectivity index (χ0v) is 13.3. The molecular formula is C17H26N2O2. The van der Waals surface area contributed by atoms with Crippen LogP contribution in [0.1, 0.15) is 25.8 Å². The fourth-order valence-electron chi connectivity index (χ4n) is 2.58. The van der Waals surface area contributed by atoms with Crippen molar-refractivity contribution in [3.8, 4) is 5.75 Å². The van der Waals surface area contributed by atoms with Crippen LogP contribution < -0.4 is 4.74 Å². The first-order chi connectivity index (χ1) is 10.1. The average molecular weight is 290 g/mol. The second-order valence-electron chi connectivity index (χ2n) is 5.59. The molecule has 0 spiro atoms. The Morgan fingerprint density at radius 3 is 2.29 bits per heavy atom. The van der Waals surface area contributed by atoms with E-state index in [9.17, 15) is 4.79 Å². The third kappa shape index (κ3) is 4.21.